The molecule has 0 spiro atoms. The molecule has 3 aromatic rings. The molecular formula is C19H18N2O3S3. The lowest BCUT2D eigenvalue weighted by Gasteiger charge is -2.18. The number of anilines is 1. The summed E-state index contributed by atoms with van der Waals surface area (Å²) in [7, 11) is -3.27. The van der Waals surface area contributed by atoms with Gasteiger partial charge in [0.1, 0.15) is 0 Å². The summed E-state index contributed by atoms with van der Waals surface area (Å²) in [5.74, 6) is 0.417. The molecule has 0 amide bonds. The third-order valence-corrected chi connectivity index (χ3v) is 8.52. The van der Waals surface area contributed by atoms with Crippen LogP contribution in [0, 0.1) is 0 Å². The predicted molar refractivity (Wildman–Crippen MR) is 112 cm³/mol. The molecule has 140 valence electrons. The van der Waals surface area contributed by atoms with Crippen LogP contribution >= 0.6 is 23.1 Å². The van der Waals surface area contributed by atoms with E-state index in [4.69, 9.17) is 0 Å². The maximum Gasteiger partial charge on any atom is 0.234 e. The molecule has 0 unspecified atom stereocenters. The minimum atomic E-state index is -3.27. The number of benzene rings is 2. The van der Waals surface area contributed by atoms with E-state index < -0.39 is 10.0 Å². The lowest BCUT2D eigenvalue weighted by molar-refractivity contribution is 0.102. The Bertz CT molecular complexity index is 1090. The first kappa shape index (κ1) is 18.5. The number of carbonyl (C=O) groups is 1. The number of thiazole rings is 1. The average molecular weight is 419 g/mol. The molecule has 0 fully saturated rings. The third-order valence-electron chi connectivity index (χ3n) is 4.56. The molecule has 0 atom stereocenters. The van der Waals surface area contributed by atoms with E-state index >= 15 is 0 Å². The van der Waals surface area contributed by atoms with Crippen LogP contribution in [0.3, 0.4) is 0 Å². The highest BCUT2D eigenvalue weighted by molar-refractivity contribution is 8.01. The van der Waals surface area contributed by atoms with Crippen LogP contribution in [0.5, 0.6) is 0 Å². The second kappa shape index (κ2) is 7.26. The van der Waals surface area contributed by atoms with Crippen molar-refractivity contribution in [2.24, 2.45) is 0 Å². The van der Waals surface area contributed by atoms with Gasteiger partial charge < -0.3 is 0 Å². The van der Waals surface area contributed by atoms with Crippen LogP contribution in [-0.4, -0.2) is 37.2 Å². The summed E-state index contributed by atoms with van der Waals surface area (Å²) in [4.78, 5) is 17.1. The highest BCUT2D eigenvalue weighted by Gasteiger charge is 2.28. The summed E-state index contributed by atoms with van der Waals surface area (Å²) in [6.07, 6.45) is 0.640. The van der Waals surface area contributed by atoms with Gasteiger partial charge in [0.15, 0.2) is 10.1 Å². The quantitative estimate of drug-likeness (QED) is 0.447. The number of Topliss-reactive ketones (excluding diaryl/α,β-unsaturated/α-hetero) is 1. The number of ketones is 1. The number of rotatable bonds is 6. The molecule has 1 aromatic heterocycles. The maximum atomic E-state index is 12.6. The Morgan fingerprint density at radius 2 is 2.07 bits per heavy atom. The molecule has 2 aromatic carbocycles. The summed E-state index contributed by atoms with van der Waals surface area (Å²) in [5, 5.41) is 0. The first-order valence-electron chi connectivity index (χ1n) is 8.63. The molecule has 0 aliphatic carbocycles. The van der Waals surface area contributed by atoms with Crippen LogP contribution < -0.4 is 4.31 Å². The van der Waals surface area contributed by atoms with Crippen LogP contribution in [0.25, 0.3) is 10.2 Å². The van der Waals surface area contributed by atoms with Crippen molar-refractivity contribution < 1.29 is 13.2 Å². The van der Waals surface area contributed by atoms with Crippen molar-refractivity contribution in [3.63, 3.8) is 0 Å². The predicted octanol–water partition coefficient (Wildman–Crippen LogP) is 3.98. The number of carbonyl (C=O) groups excluding carboxylic acids is 1. The standard InChI is InChI=1S/C19H18N2O3S3/c1-2-27(23,24)21-10-9-13-11-14(7-8-16(13)21)17(22)12-25-19-20-15-5-3-4-6-18(15)26-19/h3-8,11H,2,9-10,12H2,1H3. The van der Waals surface area contributed by atoms with Crippen molar-refractivity contribution in [2.45, 2.75) is 17.7 Å². The number of fused-ring (bicyclic) bond motifs is 2. The first-order chi connectivity index (χ1) is 13.0. The largest absolute Gasteiger partial charge is 0.293 e. The summed E-state index contributed by atoms with van der Waals surface area (Å²) in [5.41, 5.74) is 3.19. The van der Waals surface area contributed by atoms with E-state index in [-0.39, 0.29) is 11.5 Å². The van der Waals surface area contributed by atoms with Gasteiger partial charge in [-0.2, -0.15) is 0 Å². The van der Waals surface area contributed by atoms with Crippen molar-refractivity contribution in [3.05, 3.63) is 53.6 Å². The van der Waals surface area contributed by atoms with Gasteiger partial charge in [0.2, 0.25) is 10.0 Å². The summed E-state index contributed by atoms with van der Waals surface area (Å²) < 4.78 is 27.8. The van der Waals surface area contributed by atoms with Crippen LogP contribution in [0.4, 0.5) is 5.69 Å². The number of nitrogens with zero attached hydrogens (tertiary/aromatic N) is 2. The Kier molecular flexibility index (Phi) is 4.96. The smallest absolute Gasteiger partial charge is 0.234 e. The highest BCUT2D eigenvalue weighted by atomic mass is 32.2. The number of thioether (sulfide) groups is 1. The lowest BCUT2D eigenvalue weighted by atomic mass is 10.1. The Labute approximate surface area is 166 Å². The summed E-state index contributed by atoms with van der Waals surface area (Å²) in [6, 6.07) is 13.2. The molecule has 4 rings (SSSR count). The fourth-order valence-electron chi connectivity index (χ4n) is 3.11. The summed E-state index contributed by atoms with van der Waals surface area (Å²) >= 11 is 3.03. The van der Waals surface area contributed by atoms with Gasteiger partial charge in [-0.15, -0.1) is 11.3 Å². The van der Waals surface area contributed by atoms with Crippen LogP contribution in [0.1, 0.15) is 22.8 Å². The summed E-state index contributed by atoms with van der Waals surface area (Å²) in [6.45, 7) is 2.09. The molecule has 2 heterocycles. The molecule has 0 N–H and O–H groups in total. The second-order valence-corrected chi connectivity index (χ2v) is 10.7. The van der Waals surface area contributed by atoms with Crippen molar-refractivity contribution in [3.8, 4) is 0 Å². The molecule has 0 saturated carbocycles. The molecule has 5 nitrogen and oxygen atoms in total. The van der Waals surface area contributed by atoms with Gasteiger partial charge in [0, 0.05) is 12.1 Å². The number of sulfonamides is 1. The van der Waals surface area contributed by atoms with Crippen LogP contribution in [-0.2, 0) is 16.4 Å². The van der Waals surface area contributed by atoms with E-state index in [0.29, 0.717) is 30.0 Å². The van der Waals surface area contributed by atoms with E-state index in [9.17, 15) is 13.2 Å². The Morgan fingerprint density at radius 3 is 2.85 bits per heavy atom. The third kappa shape index (κ3) is 3.61. The van der Waals surface area contributed by atoms with Gasteiger partial charge >= 0.3 is 0 Å². The SMILES string of the molecule is CCS(=O)(=O)N1CCc2cc(C(=O)CSc3nc4ccccc4s3)ccc21. The van der Waals surface area contributed by atoms with Gasteiger partial charge in [-0.05, 0) is 49.2 Å². The zero-order valence-corrected chi connectivity index (χ0v) is 17.2. The molecule has 1 aliphatic heterocycles. The number of aromatic nitrogens is 1. The number of para-hydroxylation sites is 1. The van der Waals surface area contributed by atoms with Crippen molar-refractivity contribution in [1.82, 2.24) is 4.98 Å². The van der Waals surface area contributed by atoms with Crippen LogP contribution in [0.15, 0.2) is 46.8 Å². The molecule has 0 saturated heterocycles. The molecule has 0 radical (unpaired) electrons. The Balaban J connectivity index is 1.48. The van der Waals surface area contributed by atoms with Gasteiger partial charge in [-0.3, -0.25) is 9.10 Å². The van der Waals surface area contributed by atoms with E-state index in [1.807, 2.05) is 30.3 Å². The molecular weight excluding hydrogens is 400 g/mol. The molecule has 27 heavy (non-hydrogen) atoms. The van der Waals surface area contributed by atoms with Crippen LogP contribution in [0.2, 0.25) is 0 Å². The van der Waals surface area contributed by atoms with Gasteiger partial charge in [-0.1, -0.05) is 23.9 Å². The van der Waals surface area contributed by atoms with Crippen molar-refractivity contribution >= 4 is 54.8 Å². The number of hydrogen-bond acceptors (Lipinski definition) is 6. The van der Waals surface area contributed by atoms with E-state index in [0.717, 1.165) is 20.1 Å². The van der Waals surface area contributed by atoms with E-state index in [1.165, 1.54) is 16.1 Å². The first-order valence-corrected chi connectivity index (χ1v) is 12.0. The topological polar surface area (TPSA) is 67.3 Å². The normalized spacial score (nSPS) is 13.9. The van der Waals surface area contributed by atoms with Gasteiger partial charge in [-0.25, -0.2) is 13.4 Å². The van der Waals surface area contributed by atoms with E-state index in [1.54, 1.807) is 30.4 Å². The molecule has 1 aliphatic rings. The van der Waals surface area contributed by atoms with Gasteiger partial charge in [0.25, 0.3) is 0 Å². The molecule has 0 bridgehead atoms. The van der Waals surface area contributed by atoms with Gasteiger partial charge in [0.05, 0.1) is 27.4 Å². The molecule has 8 heteroatoms. The number of hydrogen-bond donors (Lipinski definition) is 0. The minimum Gasteiger partial charge on any atom is -0.293 e. The fourth-order valence-corrected chi connectivity index (χ4v) is 6.24. The van der Waals surface area contributed by atoms with Crippen molar-refractivity contribution in [2.75, 3.05) is 22.4 Å². The Morgan fingerprint density at radius 1 is 1.26 bits per heavy atom. The highest BCUT2D eigenvalue weighted by Crippen LogP contribution is 2.33. The fraction of sp³-hybridized carbons (Fsp3) is 0.263. The lowest BCUT2D eigenvalue weighted by Crippen LogP contribution is -2.30. The zero-order valence-electron chi connectivity index (χ0n) is 14.7. The maximum absolute atomic E-state index is 12.6. The Hall–Kier alpha value is -1.90. The van der Waals surface area contributed by atoms with Crippen molar-refractivity contribution in [1.29, 1.82) is 0 Å². The minimum absolute atomic E-state index is 0.0267. The second-order valence-electron chi connectivity index (χ2n) is 6.23. The monoisotopic (exact) mass is 418 g/mol. The van der Waals surface area contributed by atoms with E-state index in [2.05, 4.69) is 4.98 Å². The average Bonchev–Trinajstić information content (AvgIpc) is 3.29. The zero-order chi connectivity index (χ0) is 19.0.